The summed E-state index contributed by atoms with van der Waals surface area (Å²) in [5.74, 6) is -0.844. The predicted molar refractivity (Wildman–Crippen MR) is 105 cm³/mol. The van der Waals surface area contributed by atoms with Crippen LogP contribution in [0.25, 0.3) is 11.6 Å². The molecule has 1 aromatic heterocycles. The van der Waals surface area contributed by atoms with Crippen molar-refractivity contribution < 1.29 is 13.9 Å². The van der Waals surface area contributed by atoms with Crippen LogP contribution in [0.2, 0.25) is 10.0 Å². The number of rotatable bonds is 5. The summed E-state index contributed by atoms with van der Waals surface area (Å²) >= 11 is 13.6. The number of ether oxygens (including phenoxy) is 1. The van der Waals surface area contributed by atoms with E-state index < -0.39 is 5.97 Å². The van der Waals surface area contributed by atoms with Crippen molar-refractivity contribution >= 4 is 52.2 Å². The summed E-state index contributed by atoms with van der Waals surface area (Å²) in [5, 5.41) is 2.74. The average molecular weight is 407 g/mol. The summed E-state index contributed by atoms with van der Waals surface area (Å²) in [7, 11) is 0. The van der Waals surface area contributed by atoms with Gasteiger partial charge in [-0.1, -0.05) is 47.5 Å². The molecule has 2 nitrogen and oxygen atoms in total. The maximum absolute atomic E-state index is 13.1. The molecule has 0 aliphatic rings. The first-order valence-electron chi connectivity index (χ1n) is 7.66. The van der Waals surface area contributed by atoms with E-state index in [0.29, 0.717) is 26.7 Å². The lowest BCUT2D eigenvalue weighted by atomic mass is 10.1. The van der Waals surface area contributed by atoms with Crippen LogP contribution >= 0.6 is 34.5 Å². The van der Waals surface area contributed by atoms with Gasteiger partial charge in [-0.25, -0.2) is 9.18 Å². The van der Waals surface area contributed by atoms with Crippen LogP contribution in [0.4, 0.5) is 4.39 Å². The second-order valence-electron chi connectivity index (χ2n) is 5.36. The van der Waals surface area contributed by atoms with E-state index in [9.17, 15) is 9.18 Å². The smallest absolute Gasteiger partial charge is 0.339 e. The number of esters is 1. The SMILES string of the molecule is O=C(OCc1c(Cl)cccc1Cl)/C(=C/c1ccc(F)cc1)c1cccs1. The quantitative estimate of drug-likeness (QED) is 0.358. The molecule has 0 aliphatic carbocycles. The predicted octanol–water partition coefficient (Wildman–Crippen LogP) is 6.48. The highest BCUT2D eigenvalue weighted by Gasteiger charge is 2.16. The number of carbonyl (C=O) groups excluding carboxylic acids is 1. The zero-order chi connectivity index (χ0) is 18.5. The minimum absolute atomic E-state index is 0.0382. The Bertz CT molecular complexity index is 915. The molecule has 0 radical (unpaired) electrons. The molecule has 0 amide bonds. The van der Waals surface area contributed by atoms with Crippen LogP contribution in [0.5, 0.6) is 0 Å². The van der Waals surface area contributed by atoms with Crippen molar-refractivity contribution in [3.05, 3.63) is 91.8 Å². The van der Waals surface area contributed by atoms with Crippen molar-refractivity contribution in [1.29, 1.82) is 0 Å². The lowest BCUT2D eigenvalue weighted by Gasteiger charge is -2.10. The number of halogens is 3. The third-order valence-electron chi connectivity index (χ3n) is 3.60. The highest BCUT2D eigenvalue weighted by molar-refractivity contribution is 7.11. The van der Waals surface area contributed by atoms with Gasteiger partial charge in [-0.2, -0.15) is 0 Å². The number of carbonyl (C=O) groups is 1. The molecule has 0 spiro atoms. The van der Waals surface area contributed by atoms with Crippen LogP contribution < -0.4 is 0 Å². The zero-order valence-corrected chi connectivity index (χ0v) is 15.7. The Morgan fingerprint density at radius 3 is 2.35 bits per heavy atom. The zero-order valence-electron chi connectivity index (χ0n) is 13.4. The van der Waals surface area contributed by atoms with E-state index in [4.69, 9.17) is 27.9 Å². The van der Waals surface area contributed by atoms with E-state index in [1.807, 2.05) is 17.5 Å². The fraction of sp³-hybridized carbons (Fsp3) is 0.0500. The van der Waals surface area contributed by atoms with E-state index in [-0.39, 0.29) is 12.4 Å². The number of hydrogen-bond acceptors (Lipinski definition) is 3. The molecule has 3 aromatic rings. The molecule has 3 rings (SSSR count). The molecular formula is C20H13Cl2FO2S. The summed E-state index contributed by atoms with van der Waals surface area (Å²) in [4.78, 5) is 13.4. The summed E-state index contributed by atoms with van der Waals surface area (Å²) < 4.78 is 18.5. The van der Waals surface area contributed by atoms with Gasteiger partial charge < -0.3 is 4.74 Å². The Labute approximate surface area is 164 Å². The van der Waals surface area contributed by atoms with E-state index >= 15 is 0 Å². The maximum Gasteiger partial charge on any atom is 0.339 e. The molecule has 0 unspecified atom stereocenters. The molecule has 6 heteroatoms. The topological polar surface area (TPSA) is 26.3 Å². The van der Waals surface area contributed by atoms with Crippen molar-refractivity contribution in [2.45, 2.75) is 6.61 Å². The van der Waals surface area contributed by atoms with E-state index in [2.05, 4.69) is 0 Å². The van der Waals surface area contributed by atoms with Crippen molar-refractivity contribution in [1.82, 2.24) is 0 Å². The van der Waals surface area contributed by atoms with Crippen molar-refractivity contribution in [2.75, 3.05) is 0 Å². The molecule has 0 saturated heterocycles. The molecular weight excluding hydrogens is 394 g/mol. The first-order valence-corrected chi connectivity index (χ1v) is 9.29. The van der Waals surface area contributed by atoms with E-state index in [0.717, 1.165) is 4.88 Å². The molecule has 0 aliphatic heterocycles. The van der Waals surface area contributed by atoms with Crippen molar-refractivity contribution in [3.8, 4) is 0 Å². The minimum Gasteiger partial charge on any atom is -0.457 e. The normalized spacial score (nSPS) is 11.4. The van der Waals surface area contributed by atoms with Gasteiger partial charge >= 0.3 is 5.97 Å². The molecule has 0 fully saturated rings. The fourth-order valence-electron chi connectivity index (χ4n) is 2.27. The Morgan fingerprint density at radius 2 is 1.73 bits per heavy atom. The highest BCUT2D eigenvalue weighted by atomic mass is 35.5. The molecule has 132 valence electrons. The van der Waals surface area contributed by atoms with Gasteiger partial charge in [-0.15, -0.1) is 11.3 Å². The number of benzene rings is 2. The fourth-order valence-corrected chi connectivity index (χ4v) is 3.51. The Morgan fingerprint density at radius 1 is 1.04 bits per heavy atom. The van der Waals surface area contributed by atoms with E-state index in [1.165, 1.54) is 23.5 Å². The lowest BCUT2D eigenvalue weighted by Crippen LogP contribution is -2.07. The largest absolute Gasteiger partial charge is 0.457 e. The van der Waals surface area contributed by atoms with Crippen LogP contribution in [0.3, 0.4) is 0 Å². The van der Waals surface area contributed by atoms with Gasteiger partial charge in [0, 0.05) is 20.5 Å². The second-order valence-corrected chi connectivity index (χ2v) is 7.13. The highest BCUT2D eigenvalue weighted by Crippen LogP contribution is 2.28. The average Bonchev–Trinajstić information content (AvgIpc) is 3.15. The van der Waals surface area contributed by atoms with E-state index in [1.54, 1.807) is 36.4 Å². The molecule has 0 bridgehead atoms. The van der Waals surface area contributed by atoms with Crippen LogP contribution in [0, 0.1) is 5.82 Å². The van der Waals surface area contributed by atoms with Gasteiger partial charge in [0.15, 0.2) is 0 Å². The summed E-state index contributed by atoms with van der Waals surface area (Å²) in [6.45, 7) is -0.0382. The molecule has 0 N–H and O–H groups in total. The van der Waals surface area contributed by atoms with Crippen molar-refractivity contribution in [3.63, 3.8) is 0 Å². The maximum atomic E-state index is 13.1. The van der Waals surface area contributed by atoms with Gasteiger partial charge in [0.2, 0.25) is 0 Å². The minimum atomic E-state index is -0.507. The van der Waals surface area contributed by atoms with Crippen molar-refractivity contribution in [2.24, 2.45) is 0 Å². The van der Waals surface area contributed by atoms with Gasteiger partial charge in [0.05, 0.1) is 5.57 Å². The molecule has 26 heavy (non-hydrogen) atoms. The van der Waals surface area contributed by atoms with Crippen LogP contribution in [0.1, 0.15) is 16.0 Å². The van der Waals surface area contributed by atoms with Crippen LogP contribution in [-0.2, 0) is 16.1 Å². The van der Waals surface area contributed by atoms with Gasteiger partial charge in [0.25, 0.3) is 0 Å². The molecule has 2 aromatic carbocycles. The Hall–Kier alpha value is -2.14. The number of hydrogen-bond donors (Lipinski definition) is 0. The monoisotopic (exact) mass is 406 g/mol. The third kappa shape index (κ3) is 4.52. The lowest BCUT2D eigenvalue weighted by molar-refractivity contribution is -0.137. The van der Waals surface area contributed by atoms with Crippen LogP contribution in [0.15, 0.2) is 60.0 Å². The first kappa shape index (κ1) is 18.6. The molecule has 1 heterocycles. The first-order chi connectivity index (χ1) is 12.5. The van der Waals surface area contributed by atoms with Gasteiger partial charge in [-0.3, -0.25) is 0 Å². The van der Waals surface area contributed by atoms with Crippen LogP contribution in [-0.4, -0.2) is 5.97 Å². The summed E-state index contributed by atoms with van der Waals surface area (Å²) in [6, 6.07) is 14.6. The van der Waals surface area contributed by atoms with Gasteiger partial charge in [0.1, 0.15) is 12.4 Å². The Balaban J connectivity index is 1.85. The molecule has 0 saturated carbocycles. The second kappa shape index (κ2) is 8.49. The Kier molecular flexibility index (Phi) is 6.09. The third-order valence-corrected chi connectivity index (χ3v) is 5.21. The van der Waals surface area contributed by atoms with Gasteiger partial charge in [-0.05, 0) is 47.4 Å². The number of thiophene rings is 1. The molecule has 0 atom stereocenters. The summed E-state index contributed by atoms with van der Waals surface area (Å²) in [6.07, 6.45) is 1.67. The standard InChI is InChI=1S/C20H13Cl2FO2S/c21-17-3-1-4-18(22)16(17)12-25-20(24)15(19-5-2-10-26-19)11-13-6-8-14(23)9-7-13/h1-11H,12H2/b15-11+. The summed E-state index contributed by atoms with van der Waals surface area (Å²) in [5.41, 5.74) is 1.63.